The monoisotopic (exact) mass is 233 g/mol. The molecule has 0 saturated carbocycles. The van der Waals surface area contributed by atoms with Gasteiger partial charge < -0.3 is 10.7 Å². The van der Waals surface area contributed by atoms with Crippen LogP contribution in [0.25, 0.3) is 10.9 Å². The van der Waals surface area contributed by atoms with E-state index < -0.39 is 11.8 Å². The highest BCUT2D eigenvalue weighted by molar-refractivity contribution is 6.05. The van der Waals surface area contributed by atoms with E-state index in [1.807, 2.05) is 12.1 Å². The van der Waals surface area contributed by atoms with Crippen LogP contribution in [0.15, 0.2) is 30.5 Å². The van der Waals surface area contributed by atoms with E-state index in [1.54, 1.807) is 18.3 Å². The van der Waals surface area contributed by atoms with Crippen molar-refractivity contribution in [3.05, 3.63) is 36.0 Å². The maximum absolute atomic E-state index is 11.7. The third-order valence-electron chi connectivity index (χ3n) is 2.21. The Morgan fingerprint density at radius 3 is 2.94 bits per heavy atom. The molecule has 17 heavy (non-hydrogen) atoms. The number of hydrogen-bond acceptors (Lipinski definition) is 3. The number of para-hydroxylation sites is 1. The molecule has 2 amide bonds. The van der Waals surface area contributed by atoms with Crippen molar-refractivity contribution in [1.82, 2.24) is 10.5 Å². The third kappa shape index (κ3) is 2.43. The molecule has 1 aromatic heterocycles. The minimum absolute atomic E-state index is 0.355. The van der Waals surface area contributed by atoms with Gasteiger partial charge in [-0.15, -0.1) is 0 Å². The highest BCUT2D eigenvalue weighted by Crippen LogP contribution is 2.16. The summed E-state index contributed by atoms with van der Waals surface area (Å²) in [4.78, 5) is 29.8. The molecule has 0 fully saturated rings. The van der Waals surface area contributed by atoms with E-state index in [1.165, 1.54) is 0 Å². The van der Waals surface area contributed by atoms with Crippen LogP contribution >= 0.6 is 0 Å². The lowest BCUT2D eigenvalue weighted by atomic mass is 10.1. The summed E-state index contributed by atoms with van der Waals surface area (Å²) >= 11 is 0. The van der Waals surface area contributed by atoms with Gasteiger partial charge in [0.15, 0.2) is 6.61 Å². The molecule has 0 radical (unpaired) electrons. The van der Waals surface area contributed by atoms with E-state index in [4.69, 9.17) is 5.73 Å². The molecule has 0 aliphatic heterocycles. The predicted octanol–water partition coefficient (Wildman–Crippen LogP) is 0.315. The molecule has 0 atom stereocenters. The summed E-state index contributed by atoms with van der Waals surface area (Å²) < 4.78 is 0. The lowest BCUT2D eigenvalue weighted by Gasteiger charge is -2.05. The molecule has 1 aromatic carbocycles. The molecule has 0 spiro atoms. The van der Waals surface area contributed by atoms with Crippen molar-refractivity contribution >= 4 is 22.7 Å². The quantitative estimate of drug-likeness (QED) is 0.663. The van der Waals surface area contributed by atoms with E-state index in [2.05, 4.69) is 15.3 Å². The molecule has 0 unspecified atom stereocenters. The van der Waals surface area contributed by atoms with Crippen molar-refractivity contribution in [2.24, 2.45) is 5.73 Å². The van der Waals surface area contributed by atoms with Gasteiger partial charge in [-0.1, -0.05) is 12.1 Å². The van der Waals surface area contributed by atoms with Crippen LogP contribution < -0.4 is 11.2 Å². The number of hydrogen-bond donors (Lipinski definition) is 3. The number of nitrogens with one attached hydrogen (secondary N) is 2. The molecule has 6 heteroatoms. The minimum Gasteiger partial charge on any atom is -0.368 e. The Kier molecular flexibility index (Phi) is 3.06. The second kappa shape index (κ2) is 4.67. The highest BCUT2D eigenvalue weighted by atomic mass is 16.7. The van der Waals surface area contributed by atoms with Crippen LogP contribution in [0.3, 0.4) is 0 Å². The van der Waals surface area contributed by atoms with Crippen molar-refractivity contribution in [2.45, 2.75) is 0 Å². The van der Waals surface area contributed by atoms with Gasteiger partial charge in [-0.3, -0.25) is 14.4 Å². The predicted molar refractivity (Wildman–Crippen MR) is 60.9 cm³/mol. The standard InChI is InChI=1S/C11H11N3O3/c12-9(15)6-17-14-11(16)8-3-1-2-7-4-5-13-10(7)8/h1-5,13H,6H2,(H2,12,15)(H,14,16). The van der Waals surface area contributed by atoms with Crippen LogP contribution in [0.2, 0.25) is 0 Å². The number of carbonyl (C=O) groups is 2. The molecular formula is C11H11N3O3. The summed E-state index contributed by atoms with van der Waals surface area (Å²) in [7, 11) is 0. The number of aromatic amines is 1. The Bertz CT molecular complexity index is 562. The molecule has 6 nitrogen and oxygen atoms in total. The number of nitrogens with two attached hydrogens (primary N) is 1. The second-order valence-electron chi connectivity index (χ2n) is 3.43. The number of hydroxylamine groups is 1. The molecule has 0 saturated heterocycles. The van der Waals surface area contributed by atoms with Gasteiger partial charge in [-0.05, 0) is 12.1 Å². The van der Waals surface area contributed by atoms with Crippen molar-refractivity contribution in [3.8, 4) is 0 Å². The number of rotatable bonds is 4. The smallest absolute Gasteiger partial charge is 0.276 e. The van der Waals surface area contributed by atoms with Gasteiger partial charge in [0.2, 0.25) is 5.91 Å². The zero-order chi connectivity index (χ0) is 12.3. The fourth-order valence-electron chi connectivity index (χ4n) is 1.50. The van der Waals surface area contributed by atoms with Gasteiger partial charge in [0.25, 0.3) is 5.91 Å². The van der Waals surface area contributed by atoms with Crippen LogP contribution in [0.5, 0.6) is 0 Å². The first-order chi connectivity index (χ1) is 8.18. The van der Waals surface area contributed by atoms with Crippen LogP contribution in [-0.4, -0.2) is 23.4 Å². The average Bonchev–Trinajstić information content (AvgIpc) is 2.75. The molecular weight excluding hydrogens is 222 g/mol. The zero-order valence-corrected chi connectivity index (χ0v) is 8.90. The van der Waals surface area contributed by atoms with Gasteiger partial charge in [0.1, 0.15) is 0 Å². The Morgan fingerprint density at radius 1 is 1.35 bits per heavy atom. The van der Waals surface area contributed by atoms with E-state index in [9.17, 15) is 9.59 Å². The first kappa shape index (κ1) is 11.2. The third-order valence-corrected chi connectivity index (χ3v) is 2.21. The number of primary amides is 1. The van der Waals surface area contributed by atoms with Crippen LogP contribution in [0.4, 0.5) is 0 Å². The second-order valence-corrected chi connectivity index (χ2v) is 3.43. The molecule has 1 heterocycles. The molecule has 88 valence electrons. The van der Waals surface area contributed by atoms with E-state index in [-0.39, 0.29) is 6.61 Å². The number of amides is 2. The number of fused-ring (bicyclic) bond motifs is 1. The van der Waals surface area contributed by atoms with E-state index in [0.29, 0.717) is 11.1 Å². The molecule has 0 aliphatic rings. The van der Waals surface area contributed by atoms with Gasteiger partial charge in [-0.2, -0.15) is 0 Å². The Hall–Kier alpha value is -2.34. The summed E-state index contributed by atoms with van der Waals surface area (Å²) in [5, 5.41) is 0.924. The number of H-pyrrole nitrogens is 1. The summed E-state index contributed by atoms with van der Waals surface area (Å²) in [6.45, 7) is -0.355. The Balaban J connectivity index is 2.13. The average molecular weight is 233 g/mol. The lowest BCUT2D eigenvalue weighted by molar-refractivity contribution is -0.124. The van der Waals surface area contributed by atoms with Gasteiger partial charge in [0, 0.05) is 11.6 Å². The van der Waals surface area contributed by atoms with Crippen molar-refractivity contribution in [1.29, 1.82) is 0 Å². The van der Waals surface area contributed by atoms with Gasteiger partial charge >= 0.3 is 0 Å². The van der Waals surface area contributed by atoms with Crippen molar-refractivity contribution in [3.63, 3.8) is 0 Å². The summed E-state index contributed by atoms with van der Waals surface area (Å²) in [5.74, 6) is -1.08. The molecule has 2 rings (SSSR count). The first-order valence-corrected chi connectivity index (χ1v) is 4.95. The fraction of sp³-hybridized carbons (Fsp3) is 0.0909. The summed E-state index contributed by atoms with van der Waals surface area (Å²) in [6, 6.07) is 7.16. The number of carbonyl (C=O) groups excluding carboxylic acids is 2. The van der Waals surface area contributed by atoms with Crippen molar-refractivity contribution in [2.75, 3.05) is 6.61 Å². The van der Waals surface area contributed by atoms with Crippen LogP contribution in [0.1, 0.15) is 10.4 Å². The number of benzene rings is 1. The molecule has 0 aliphatic carbocycles. The van der Waals surface area contributed by atoms with Crippen molar-refractivity contribution < 1.29 is 14.4 Å². The topological polar surface area (TPSA) is 97.2 Å². The molecule has 4 N–H and O–H groups in total. The van der Waals surface area contributed by atoms with E-state index in [0.717, 1.165) is 5.39 Å². The number of aromatic nitrogens is 1. The van der Waals surface area contributed by atoms with Gasteiger partial charge in [-0.25, -0.2) is 5.48 Å². The first-order valence-electron chi connectivity index (χ1n) is 4.95. The highest BCUT2D eigenvalue weighted by Gasteiger charge is 2.10. The maximum atomic E-state index is 11.7. The zero-order valence-electron chi connectivity index (χ0n) is 8.90. The minimum atomic E-state index is -0.650. The fourth-order valence-corrected chi connectivity index (χ4v) is 1.50. The van der Waals surface area contributed by atoms with E-state index >= 15 is 0 Å². The summed E-state index contributed by atoms with van der Waals surface area (Å²) in [5.41, 5.74) is 8.18. The normalized spacial score (nSPS) is 10.4. The summed E-state index contributed by atoms with van der Waals surface area (Å²) in [6.07, 6.45) is 1.74. The van der Waals surface area contributed by atoms with Gasteiger partial charge in [0.05, 0.1) is 11.1 Å². The lowest BCUT2D eigenvalue weighted by Crippen LogP contribution is -2.29. The molecule has 2 aromatic rings. The largest absolute Gasteiger partial charge is 0.368 e. The van der Waals surface area contributed by atoms with Crippen LogP contribution in [0, 0.1) is 0 Å². The Morgan fingerprint density at radius 2 is 2.18 bits per heavy atom. The van der Waals surface area contributed by atoms with Crippen LogP contribution in [-0.2, 0) is 9.63 Å². The molecule has 0 bridgehead atoms. The maximum Gasteiger partial charge on any atom is 0.276 e. The SMILES string of the molecule is NC(=O)CONC(=O)c1cccc2cc[nH]c12. The Labute approximate surface area is 96.7 Å².